The predicted molar refractivity (Wildman–Crippen MR) is 106 cm³/mol. The second kappa shape index (κ2) is 10.0. The molecule has 0 radical (unpaired) electrons. The van der Waals surface area contributed by atoms with Crippen LogP contribution in [0.4, 0.5) is 5.69 Å². The SMILES string of the molecule is CNC(=O)c1ccc(NC(=O)COC(=O)Cc2cc(C(C)=O)ccc2OC)cc1. The minimum atomic E-state index is -0.630. The van der Waals surface area contributed by atoms with Gasteiger partial charge in [-0.1, -0.05) is 0 Å². The summed E-state index contributed by atoms with van der Waals surface area (Å²) >= 11 is 0. The van der Waals surface area contributed by atoms with Gasteiger partial charge in [-0.25, -0.2) is 0 Å². The molecule has 0 aliphatic carbocycles. The lowest BCUT2D eigenvalue weighted by atomic mass is 10.0. The van der Waals surface area contributed by atoms with E-state index in [9.17, 15) is 19.2 Å². The number of carbonyl (C=O) groups is 4. The van der Waals surface area contributed by atoms with Crippen molar-refractivity contribution in [1.82, 2.24) is 5.32 Å². The fourth-order valence-corrected chi connectivity index (χ4v) is 2.53. The zero-order valence-electron chi connectivity index (χ0n) is 16.4. The molecule has 8 nitrogen and oxygen atoms in total. The Morgan fingerprint density at radius 2 is 1.62 bits per heavy atom. The maximum absolute atomic E-state index is 12.1. The number of hydrogen-bond donors (Lipinski definition) is 2. The first kappa shape index (κ1) is 21.6. The zero-order chi connectivity index (χ0) is 21.4. The first-order valence-corrected chi connectivity index (χ1v) is 8.79. The number of anilines is 1. The van der Waals surface area contributed by atoms with Crippen LogP contribution in [0.15, 0.2) is 42.5 Å². The van der Waals surface area contributed by atoms with Crippen LogP contribution < -0.4 is 15.4 Å². The Balaban J connectivity index is 1.90. The molecule has 0 unspecified atom stereocenters. The second-order valence-electron chi connectivity index (χ2n) is 6.12. The lowest BCUT2D eigenvalue weighted by Gasteiger charge is -2.10. The van der Waals surface area contributed by atoms with Crippen molar-refractivity contribution in [3.05, 3.63) is 59.2 Å². The second-order valence-corrected chi connectivity index (χ2v) is 6.12. The summed E-state index contributed by atoms with van der Waals surface area (Å²) in [5, 5.41) is 5.08. The van der Waals surface area contributed by atoms with Crippen molar-refractivity contribution in [3.8, 4) is 5.75 Å². The van der Waals surface area contributed by atoms with Crippen molar-refractivity contribution in [2.45, 2.75) is 13.3 Å². The van der Waals surface area contributed by atoms with E-state index in [-0.39, 0.29) is 18.1 Å². The lowest BCUT2D eigenvalue weighted by molar-refractivity contribution is -0.146. The molecular weight excluding hydrogens is 376 g/mol. The highest BCUT2D eigenvalue weighted by Gasteiger charge is 2.14. The molecular formula is C21H22N2O6. The van der Waals surface area contributed by atoms with Crippen LogP contribution in [0.2, 0.25) is 0 Å². The van der Waals surface area contributed by atoms with E-state index < -0.39 is 18.5 Å². The average Bonchev–Trinajstić information content (AvgIpc) is 2.72. The first-order valence-electron chi connectivity index (χ1n) is 8.79. The van der Waals surface area contributed by atoms with E-state index in [2.05, 4.69) is 10.6 Å². The first-order chi connectivity index (χ1) is 13.8. The molecule has 0 atom stereocenters. The van der Waals surface area contributed by atoms with E-state index in [1.54, 1.807) is 42.5 Å². The molecule has 0 saturated heterocycles. The Bertz CT molecular complexity index is 921. The molecule has 0 heterocycles. The van der Waals surface area contributed by atoms with Gasteiger partial charge >= 0.3 is 5.97 Å². The Morgan fingerprint density at radius 1 is 0.966 bits per heavy atom. The van der Waals surface area contributed by atoms with Gasteiger partial charge in [-0.3, -0.25) is 19.2 Å². The number of carbonyl (C=O) groups excluding carboxylic acids is 4. The number of benzene rings is 2. The van der Waals surface area contributed by atoms with Gasteiger partial charge in [0.05, 0.1) is 13.5 Å². The van der Waals surface area contributed by atoms with Crippen LogP contribution in [0.5, 0.6) is 5.75 Å². The molecule has 2 aromatic carbocycles. The maximum atomic E-state index is 12.1. The molecule has 0 saturated carbocycles. The van der Waals surface area contributed by atoms with Gasteiger partial charge in [0, 0.05) is 29.4 Å². The van der Waals surface area contributed by atoms with Gasteiger partial charge in [0.1, 0.15) is 5.75 Å². The van der Waals surface area contributed by atoms with Gasteiger partial charge in [-0.15, -0.1) is 0 Å². The van der Waals surface area contributed by atoms with Crippen molar-refractivity contribution in [2.75, 3.05) is 26.1 Å². The van der Waals surface area contributed by atoms with Gasteiger partial charge in [0.25, 0.3) is 11.8 Å². The normalized spacial score (nSPS) is 10.0. The number of esters is 1. The van der Waals surface area contributed by atoms with Crippen LogP contribution >= 0.6 is 0 Å². The topological polar surface area (TPSA) is 111 Å². The summed E-state index contributed by atoms with van der Waals surface area (Å²) in [5.41, 5.74) is 1.87. The number of ether oxygens (including phenoxy) is 2. The van der Waals surface area contributed by atoms with Crippen molar-refractivity contribution in [2.24, 2.45) is 0 Å². The summed E-state index contributed by atoms with van der Waals surface area (Å²) in [6.07, 6.45) is -0.140. The zero-order valence-corrected chi connectivity index (χ0v) is 16.4. The minimum Gasteiger partial charge on any atom is -0.496 e. The fraction of sp³-hybridized carbons (Fsp3) is 0.238. The molecule has 2 aromatic rings. The van der Waals surface area contributed by atoms with Crippen LogP contribution in [0.1, 0.15) is 33.2 Å². The van der Waals surface area contributed by atoms with Crippen LogP contribution in [-0.4, -0.2) is 44.3 Å². The van der Waals surface area contributed by atoms with Crippen LogP contribution in [0, 0.1) is 0 Å². The fourth-order valence-electron chi connectivity index (χ4n) is 2.53. The molecule has 0 aromatic heterocycles. The number of hydrogen-bond acceptors (Lipinski definition) is 6. The minimum absolute atomic E-state index is 0.135. The number of amides is 2. The summed E-state index contributed by atoms with van der Waals surface area (Å²) in [6, 6.07) is 11.1. The van der Waals surface area contributed by atoms with Crippen molar-refractivity contribution in [1.29, 1.82) is 0 Å². The standard InChI is InChI=1S/C21H22N2O6/c1-13(24)15-6-9-18(28-3)16(10-15)11-20(26)29-12-19(25)23-17-7-4-14(5-8-17)21(27)22-2/h4-10H,11-12H2,1-3H3,(H,22,27)(H,23,25). The molecule has 2 rings (SSSR count). The molecule has 29 heavy (non-hydrogen) atoms. The Morgan fingerprint density at radius 3 is 2.21 bits per heavy atom. The third kappa shape index (κ3) is 6.17. The summed E-state index contributed by atoms with van der Waals surface area (Å²) < 4.78 is 10.2. The summed E-state index contributed by atoms with van der Waals surface area (Å²) in [5.74, 6) is -1.07. The number of methoxy groups -OCH3 is 1. The molecule has 0 bridgehead atoms. The van der Waals surface area contributed by atoms with Crippen LogP contribution in [0.3, 0.4) is 0 Å². The van der Waals surface area contributed by atoms with E-state index in [0.29, 0.717) is 28.1 Å². The molecule has 0 spiro atoms. The van der Waals surface area contributed by atoms with Crippen molar-refractivity contribution in [3.63, 3.8) is 0 Å². The largest absolute Gasteiger partial charge is 0.496 e. The van der Waals surface area contributed by atoms with E-state index in [1.807, 2.05) is 0 Å². The van der Waals surface area contributed by atoms with E-state index in [4.69, 9.17) is 9.47 Å². The molecule has 0 aliphatic heterocycles. The van der Waals surface area contributed by atoms with Gasteiger partial charge < -0.3 is 20.1 Å². The predicted octanol–water partition coefficient (Wildman–Crippen LogP) is 1.98. The quantitative estimate of drug-likeness (QED) is 0.520. The molecule has 2 amide bonds. The summed E-state index contributed by atoms with van der Waals surface area (Å²) in [7, 11) is 2.98. The van der Waals surface area contributed by atoms with Gasteiger partial charge in [0.15, 0.2) is 12.4 Å². The van der Waals surface area contributed by atoms with Gasteiger partial charge in [0.2, 0.25) is 0 Å². The Labute approximate surface area is 168 Å². The smallest absolute Gasteiger partial charge is 0.310 e. The van der Waals surface area contributed by atoms with Crippen molar-refractivity contribution >= 4 is 29.3 Å². The molecule has 2 N–H and O–H groups in total. The molecule has 0 aliphatic rings. The third-order valence-corrected chi connectivity index (χ3v) is 4.04. The number of nitrogens with one attached hydrogen (secondary N) is 2. The van der Waals surface area contributed by atoms with Crippen LogP contribution in [-0.2, 0) is 20.7 Å². The monoisotopic (exact) mass is 398 g/mol. The highest BCUT2D eigenvalue weighted by molar-refractivity contribution is 5.96. The van der Waals surface area contributed by atoms with E-state index in [0.717, 1.165) is 0 Å². The van der Waals surface area contributed by atoms with Gasteiger partial charge in [-0.2, -0.15) is 0 Å². The summed E-state index contributed by atoms with van der Waals surface area (Å²) in [4.78, 5) is 47.1. The van der Waals surface area contributed by atoms with Gasteiger partial charge in [-0.05, 0) is 49.4 Å². The summed E-state index contributed by atoms with van der Waals surface area (Å²) in [6.45, 7) is 0.959. The highest BCUT2D eigenvalue weighted by atomic mass is 16.5. The maximum Gasteiger partial charge on any atom is 0.310 e. The number of Topliss-reactive ketones (excluding diaryl/α,β-unsaturated/α-hetero) is 1. The Kier molecular flexibility index (Phi) is 7.47. The van der Waals surface area contributed by atoms with Crippen molar-refractivity contribution < 1.29 is 28.7 Å². The van der Waals surface area contributed by atoms with E-state index >= 15 is 0 Å². The average molecular weight is 398 g/mol. The third-order valence-electron chi connectivity index (χ3n) is 4.04. The lowest BCUT2D eigenvalue weighted by Crippen LogP contribution is -2.22. The highest BCUT2D eigenvalue weighted by Crippen LogP contribution is 2.21. The molecule has 152 valence electrons. The van der Waals surface area contributed by atoms with E-state index in [1.165, 1.54) is 21.1 Å². The Hall–Kier alpha value is -3.68. The molecule has 8 heteroatoms. The molecule has 0 fully saturated rings. The number of rotatable bonds is 8. The number of ketones is 1. The van der Waals surface area contributed by atoms with Crippen LogP contribution in [0.25, 0.3) is 0 Å².